The van der Waals surface area contributed by atoms with E-state index in [1.54, 1.807) is 12.1 Å². The Hall–Kier alpha value is -4.18. The summed E-state index contributed by atoms with van der Waals surface area (Å²) in [6.07, 6.45) is 2.01. The fraction of sp³-hybridized carbons (Fsp3) is 0.606. The molecule has 11 N–H and O–H groups in total. The van der Waals surface area contributed by atoms with Crippen LogP contribution in [0.15, 0.2) is 29.3 Å². The number of nitrogens with zero attached hydrogens (tertiary/aromatic N) is 1. The summed E-state index contributed by atoms with van der Waals surface area (Å²) in [5.41, 5.74) is 17.2. The second-order valence-electron chi connectivity index (χ2n) is 12.3. The van der Waals surface area contributed by atoms with Crippen molar-refractivity contribution in [3.63, 3.8) is 0 Å². The van der Waals surface area contributed by atoms with Crippen molar-refractivity contribution >= 4 is 52.9 Å². The first-order valence-corrected chi connectivity index (χ1v) is 17.8. The summed E-state index contributed by atoms with van der Waals surface area (Å²) in [6.45, 7) is 4.05. The highest BCUT2D eigenvalue weighted by Crippen LogP contribution is 2.19. The third kappa shape index (κ3) is 15.7. The van der Waals surface area contributed by atoms with Gasteiger partial charge in [0.1, 0.15) is 17.6 Å². The van der Waals surface area contributed by atoms with E-state index in [2.05, 4.69) is 26.3 Å². The zero-order valence-corrected chi connectivity index (χ0v) is 29.2. The average molecular weight is 705 g/mol. The third-order valence-corrected chi connectivity index (χ3v) is 9.39. The van der Waals surface area contributed by atoms with E-state index in [-0.39, 0.29) is 92.1 Å². The van der Waals surface area contributed by atoms with Gasteiger partial charge in [-0.25, -0.2) is 0 Å². The molecule has 5 atom stereocenters. The van der Waals surface area contributed by atoms with Crippen LogP contribution in [0.1, 0.15) is 64.4 Å². The fourth-order valence-corrected chi connectivity index (χ4v) is 6.12. The molecule has 0 aliphatic carbocycles. The van der Waals surface area contributed by atoms with Crippen molar-refractivity contribution in [2.24, 2.45) is 34.0 Å². The number of amides is 4. The SMILES string of the molecule is CC[C@H](C)[C@@H]1NC(=O)CCNC(=O)CSCC[C@@H](C(=O)CC[C@@H](CCCN=C(N)N)C(=O)N[C@@H](Cc2ccc(O)cc2)C(N)=O)NCC1=O. The number of carbonyl (C=O) groups excluding carboxylic acids is 6. The molecule has 2 rings (SSSR count). The molecule has 16 heteroatoms. The number of guanidine groups is 1. The molecule has 1 aromatic rings. The molecule has 1 fully saturated rings. The molecule has 1 aromatic carbocycles. The Labute approximate surface area is 291 Å². The molecule has 15 nitrogen and oxygen atoms in total. The molecular weight excluding hydrogens is 652 g/mol. The van der Waals surface area contributed by atoms with Gasteiger partial charge in [-0.05, 0) is 55.1 Å². The van der Waals surface area contributed by atoms with Gasteiger partial charge >= 0.3 is 0 Å². The molecule has 4 amide bonds. The lowest BCUT2D eigenvalue weighted by molar-refractivity contribution is -0.130. The van der Waals surface area contributed by atoms with Crippen molar-refractivity contribution in [2.75, 3.05) is 31.1 Å². The van der Waals surface area contributed by atoms with Crippen LogP contribution in [0.4, 0.5) is 0 Å². The Balaban J connectivity index is 2.19. The monoisotopic (exact) mass is 704 g/mol. The average Bonchev–Trinajstić information content (AvgIpc) is 3.06. The van der Waals surface area contributed by atoms with Crippen molar-refractivity contribution in [1.29, 1.82) is 0 Å². The minimum absolute atomic E-state index is 0.0118. The normalized spacial score (nSPS) is 19.9. The Morgan fingerprint density at radius 2 is 1.80 bits per heavy atom. The van der Waals surface area contributed by atoms with Gasteiger partial charge in [0.15, 0.2) is 11.7 Å². The van der Waals surface area contributed by atoms with Crippen LogP contribution >= 0.6 is 11.8 Å². The van der Waals surface area contributed by atoms with E-state index < -0.39 is 35.9 Å². The maximum atomic E-state index is 13.6. The number of nitrogens with two attached hydrogens (primary N) is 3. The van der Waals surface area contributed by atoms with Crippen molar-refractivity contribution in [1.82, 2.24) is 21.3 Å². The lowest BCUT2D eigenvalue weighted by atomic mass is 9.92. The molecule has 49 heavy (non-hydrogen) atoms. The number of hydrogen-bond acceptors (Lipinski definition) is 10. The number of Topliss-reactive ketones (excluding diaryl/α,β-unsaturated/α-hetero) is 2. The Kier molecular flexibility index (Phi) is 18.2. The van der Waals surface area contributed by atoms with E-state index in [0.29, 0.717) is 37.0 Å². The zero-order valence-electron chi connectivity index (χ0n) is 28.4. The van der Waals surface area contributed by atoms with Gasteiger partial charge in [-0.2, -0.15) is 11.8 Å². The number of ketones is 2. The second kappa shape index (κ2) is 21.7. The van der Waals surface area contributed by atoms with Gasteiger partial charge in [0.2, 0.25) is 23.6 Å². The lowest BCUT2D eigenvalue weighted by Gasteiger charge is -2.25. The summed E-state index contributed by atoms with van der Waals surface area (Å²) >= 11 is 1.34. The standard InChI is InChI=1S/C33H52N8O7S/c1-3-20(2)30-27(44)18-39-24(13-16-49-19-29(46)37-15-12-28(45)41-30)26(43)11-8-22(5-4-14-38-33(35)36)32(48)40-25(31(34)47)17-21-6-9-23(42)10-7-21/h6-7,9-10,20,22,24-25,30,39,42H,3-5,8,11-19H2,1-2H3,(H2,34,47)(H,37,46)(H,40,48)(H,41,45)(H4,35,36,38)/t20-,22+,24-,25-,30-/m0/s1. The van der Waals surface area contributed by atoms with Crippen LogP contribution in [0.2, 0.25) is 0 Å². The van der Waals surface area contributed by atoms with E-state index in [0.717, 1.165) is 0 Å². The van der Waals surface area contributed by atoms with Gasteiger partial charge in [-0.3, -0.25) is 33.8 Å². The molecule has 0 spiro atoms. The molecule has 0 aromatic heterocycles. The number of thioether (sulfide) groups is 1. The fourth-order valence-electron chi connectivity index (χ4n) is 5.29. The number of aromatic hydroxyl groups is 1. The lowest BCUT2D eigenvalue weighted by Crippen LogP contribution is -2.50. The molecule has 1 saturated heterocycles. The number of aliphatic imine (C=N–C) groups is 1. The first-order chi connectivity index (χ1) is 23.3. The van der Waals surface area contributed by atoms with Crippen molar-refractivity contribution in [3.8, 4) is 5.75 Å². The third-order valence-electron chi connectivity index (χ3n) is 8.40. The Morgan fingerprint density at radius 1 is 1.08 bits per heavy atom. The summed E-state index contributed by atoms with van der Waals surface area (Å²) in [4.78, 5) is 81.4. The van der Waals surface area contributed by atoms with E-state index in [1.165, 1.54) is 23.9 Å². The van der Waals surface area contributed by atoms with Crippen LogP contribution in [0.5, 0.6) is 5.75 Å². The van der Waals surface area contributed by atoms with Crippen LogP contribution in [0.25, 0.3) is 0 Å². The van der Waals surface area contributed by atoms with Crippen LogP contribution in [0, 0.1) is 11.8 Å². The number of phenolic OH excluding ortho intramolecular Hbond substituents is 1. The van der Waals surface area contributed by atoms with Gasteiger partial charge in [-0.1, -0.05) is 32.4 Å². The van der Waals surface area contributed by atoms with Gasteiger partial charge in [-0.15, -0.1) is 0 Å². The number of phenols is 1. The summed E-state index contributed by atoms with van der Waals surface area (Å²) < 4.78 is 0. The van der Waals surface area contributed by atoms with E-state index in [1.807, 2.05) is 13.8 Å². The topological polar surface area (TPSA) is 261 Å². The van der Waals surface area contributed by atoms with Crippen molar-refractivity contribution in [2.45, 2.75) is 83.3 Å². The number of hydrogen-bond donors (Lipinski definition) is 8. The van der Waals surface area contributed by atoms with Crippen LogP contribution in [-0.4, -0.2) is 95.5 Å². The Bertz CT molecular complexity index is 1310. The minimum atomic E-state index is -1.03. The molecule has 1 heterocycles. The Morgan fingerprint density at radius 3 is 2.45 bits per heavy atom. The molecule has 1 aliphatic rings. The van der Waals surface area contributed by atoms with Crippen molar-refractivity contribution < 1.29 is 33.9 Å². The number of benzene rings is 1. The van der Waals surface area contributed by atoms with Gasteiger partial charge < -0.3 is 43.6 Å². The van der Waals surface area contributed by atoms with E-state index in [9.17, 15) is 33.9 Å². The molecule has 0 bridgehead atoms. The quantitative estimate of drug-likeness (QED) is 0.0663. The first-order valence-electron chi connectivity index (χ1n) is 16.7. The predicted octanol–water partition coefficient (Wildman–Crippen LogP) is -0.375. The van der Waals surface area contributed by atoms with E-state index >= 15 is 0 Å². The van der Waals surface area contributed by atoms with Crippen LogP contribution < -0.4 is 38.5 Å². The van der Waals surface area contributed by atoms with Gasteiger partial charge in [0.05, 0.1) is 24.4 Å². The largest absolute Gasteiger partial charge is 0.508 e. The first kappa shape index (κ1) is 41.0. The summed E-state index contributed by atoms with van der Waals surface area (Å²) in [7, 11) is 0. The number of rotatable bonds is 15. The zero-order chi connectivity index (χ0) is 36.3. The number of carbonyl (C=O) groups is 6. The number of nitrogens with one attached hydrogen (secondary N) is 4. The minimum Gasteiger partial charge on any atom is -0.508 e. The van der Waals surface area contributed by atoms with Gasteiger partial charge in [0, 0.05) is 38.3 Å². The second-order valence-corrected chi connectivity index (χ2v) is 13.4. The predicted molar refractivity (Wildman–Crippen MR) is 188 cm³/mol. The molecule has 0 radical (unpaired) electrons. The highest BCUT2D eigenvalue weighted by atomic mass is 32.2. The molecule has 0 saturated carbocycles. The van der Waals surface area contributed by atoms with Crippen LogP contribution in [-0.2, 0) is 35.2 Å². The molecule has 1 aliphatic heterocycles. The highest BCUT2D eigenvalue weighted by Gasteiger charge is 2.29. The smallest absolute Gasteiger partial charge is 0.240 e. The van der Waals surface area contributed by atoms with Gasteiger partial charge in [0.25, 0.3) is 0 Å². The molecular formula is C33H52N8O7S. The maximum Gasteiger partial charge on any atom is 0.240 e. The van der Waals surface area contributed by atoms with Crippen molar-refractivity contribution in [3.05, 3.63) is 29.8 Å². The summed E-state index contributed by atoms with van der Waals surface area (Å²) in [5.74, 6) is -2.51. The molecule has 272 valence electrons. The van der Waals surface area contributed by atoms with Crippen LogP contribution in [0.3, 0.4) is 0 Å². The number of primary amides is 1. The summed E-state index contributed by atoms with van der Waals surface area (Å²) in [5, 5.41) is 20.9. The highest BCUT2D eigenvalue weighted by molar-refractivity contribution is 7.99. The maximum absolute atomic E-state index is 13.6. The summed E-state index contributed by atoms with van der Waals surface area (Å²) in [6, 6.07) is 3.66. The molecule has 0 unspecified atom stereocenters. The van der Waals surface area contributed by atoms with E-state index in [4.69, 9.17) is 17.2 Å².